The van der Waals surface area contributed by atoms with Crippen LogP contribution in [0.4, 0.5) is 0 Å². The standard InChI is InChI=1S/C7H5BrN2O/c8-6-4-5-2-1-3-10(11)7(5)9-6/h1-4,9H. The van der Waals surface area contributed by atoms with Crippen molar-refractivity contribution in [3.05, 3.63) is 34.2 Å². The molecule has 2 aromatic heterocycles. The van der Waals surface area contributed by atoms with Gasteiger partial charge in [-0.25, -0.2) is 9.71 Å². The van der Waals surface area contributed by atoms with E-state index in [9.17, 15) is 5.21 Å². The minimum atomic E-state index is 0.583. The van der Waals surface area contributed by atoms with E-state index >= 15 is 0 Å². The molecular weight excluding hydrogens is 208 g/mol. The molecule has 0 unspecified atom stereocenters. The number of aromatic nitrogens is 2. The molecule has 0 saturated carbocycles. The molecule has 0 atom stereocenters. The van der Waals surface area contributed by atoms with Crippen LogP contribution < -0.4 is 4.73 Å². The van der Waals surface area contributed by atoms with Crippen LogP contribution in [0.15, 0.2) is 29.0 Å². The first-order valence-corrected chi connectivity index (χ1v) is 3.93. The van der Waals surface area contributed by atoms with Crippen LogP contribution in [-0.4, -0.2) is 4.98 Å². The minimum Gasteiger partial charge on any atom is -0.711 e. The van der Waals surface area contributed by atoms with Crippen molar-refractivity contribution in [1.29, 1.82) is 0 Å². The van der Waals surface area contributed by atoms with Gasteiger partial charge in [0, 0.05) is 6.07 Å². The third-order valence-electron chi connectivity index (χ3n) is 1.51. The Bertz CT molecular complexity index is 396. The topological polar surface area (TPSA) is 42.7 Å². The summed E-state index contributed by atoms with van der Waals surface area (Å²) in [6.07, 6.45) is 1.46. The van der Waals surface area contributed by atoms with Gasteiger partial charge in [0.1, 0.15) is 0 Å². The predicted molar refractivity (Wildman–Crippen MR) is 45.0 cm³/mol. The second kappa shape index (κ2) is 2.23. The fraction of sp³-hybridized carbons (Fsp3) is 0. The highest BCUT2D eigenvalue weighted by Crippen LogP contribution is 2.14. The van der Waals surface area contributed by atoms with Crippen LogP contribution in [0, 0.1) is 5.21 Å². The molecule has 0 aliphatic rings. The van der Waals surface area contributed by atoms with E-state index in [2.05, 4.69) is 20.9 Å². The first-order valence-electron chi connectivity index (χ1n) is 3.14. The van der Waals surface area contributed by atoms with Crippen molar-refractivity contribution < 1.29 is 4.73 Å². The molecule has 56 valence electrons. The highest BCUT2D eigenvalue weighted by atomic mass is 79.9. The van der Waals surface area contributed by atoms with E-state index in [1.165, 1.54) is 6.20 Å². The van der Waals surface area contributed by atoms with E-state index in [0.717, 1.165) is 14.7 Å². The first-order chi connectivity index (χ1) is 5.27. The molecule has 0 aromatic carbocycles. The van der Waals surface area contributed by atoms with E-state index in [1.54, 1.807) is 6.07 Å². The Hall–Kier alpha value is -1.03. The maximum Gasteiger partial charge on any atom is 0.290 e. The summed E-state index contributed by atoms with van der Waals surface area (Å²) in [6.45, 7) is 0. The van der Waals surface area contributed by atoms with Gasteiger partial charge < -0.3 is 5.21 Å². The van der Waals surface area contributed by atoms with Crippen molar-refractivity contribution in [3.8, 4) is 0 Å². The molecule has 0 amide bonds. The number of rotatable bonds is 0. The number of nitrogens with one attached hydrogen (secondary N) is 1. The van der Waals surface area contributed by atoms with Gasteiger partial charge >= 0.3 is 0 Å². The Morgan fingerprint density at radius 1 is 1.55 bits per heavy atom. The van der Waals surface area contributed by atoms with E-state index in [1.807, 2.05) is 12.1 Å². The summed E-state index contributed by atoms with van der Waals surface area (Å²) in [5.41, 5.74) is 0.583. The van der Waals surface area contributed by atoms with Crippen LogP contribution in [0.5, 0.6) is 0 Å². The molecule has 0 saturated heterocycles. The van der Waals surface area contributed by atoms with Gasteiger partial charge in [-0.3, -0.25) is 0 Å². The van der Waals surface area contributed by atoms with Gasteiger partial charge in [-0.1, -0.05) is 0 Å². The summed E-state index contributed by atoms with van der Waals surface area (Å²) in [5, 5.41) is 12.0. The number of pyridine rings is 1. The van der Waals surface area contributed by atoms with Gasteiger partial charge in [0.2, 0.25) is 0 Å². The van der Waals surface area contributed by atoms with Gasteiger partial charge in [0.05, 0.1) is 11.6 Å². The summed E-state index contributed by atoms with van der Waals surface area (Å²) in [7, 11) is 0. The summed E-state index contributed by atoms with van der Waals surface area (Å²) < 4.78 is 1.63. The number of H-pyrrole nitrogens is 1. The first kappa shape index (κ1) is 6.67. The summed E-state index contributed by atoms with van der Waals surface area (Å²) >= 11 is 3.25. The van der Waals surface area contributed by atoms with Crippen molar-refractivity contribution in [2.45, 2.75) is 0 Å². The molecule has 0 bridgehead atoms. The van der Waals surface area contributed by atoms with Crippen molar-refractivity contribution in [1.82, 2.24) is 4.98 Å². The summed E-state index contributed by atoms with van der Waals surface area (Å²) in [5.74, 6) is 0. The normalized spacial score (nSPS) is 10.6. The van der Waals surface area contributed by atoms with Gasteiger partial charge in [0.15, 0.2) is 4.60 Å². The smallest absolute Gasteiger partial charge is 0.290 e. The second-order valence-corrected chi connectivity index (χ2v) is 3.11. The zero-order valence-corrected chi connectivity index (χ0v) is 7.13. The predicted octanol–water partition coefficient (Wildman–Crippen LogP) is 1.56. The lowest BCUT2D eigenvalue weighted by atomic mass is 10.3. The molecule has 4 heteroatoms. The highest BCUT2D eigenvalue weighted by molar-refractivity contribution is 9.10. The Labute approximate surface area is 71.4 Å². The molecular formula is C7H5BrN2O. The van der Waals surface area contributed by atoms with Crippen LogP contribution in [-0.2, 0) is 0 Å². The number of nitrogens with zero attached hydrogens (tertiary/aromatic N) is 1. The molecule has 2 aromatic rings. The van der Waals surface area contributed by atoms with Crippen LogP contribution in [0.3, 0.4) is 0 Å². The van der Waals surface area contributed by atoms with Gasteiger partial charge in [-0.15, -0.1) is 0 Å². The zero-order valence-electron chi connectivity index (χ0n) is 5.54. The van der Waals surface area contributed by atoms with Crippen molar-refractivity contribution in [3.63, 3.8) is 0 Å². The lowest BCUT2D eigenvalue weighted by molar-refractivity contribution is -0.579. The fourth-order valence-corrected chi connectivity index (χ4v) is 1.47. The molecule has 0 aliphatic heterocycles. The van der Waals surface area contributed by atoms with E-state index in [4.69, 9.17) is 0 Å². The third kappa shape index (κ3) is 0.991. The van der Waals surface area contributed by atoms with E-state index in [0.29, 0.717) is 5.65 Å². The average Bonchev–Trinajstić information content (AvgIpc) is 2.31. The lowest BCUT2D eigenvalue weighted by Crippen LogP contribution is -2.25. The van der Waals surface area contributed by atoms with Crippen LogP contribution in [0.25, 0.3) is 11.0 Å². The van der Waals surface area contributed by atoms with E-state index in [-0.39, 0.29) is 0 Å². The van der Waals surface area contributed by atoms with Crippen molar-refractivity contribution in [2.24, 2.45) is 0 Å². The fourth-order valence-electron chi connectivity index (χ4n) is 1.04. The molecule has 2 rings (SSSR count). The number of fused-ring (bicyclic) bond motifs is 1. The zero-order chi connectivity index (χ0) is 7.84. The number of hydrogen-bond acceptors (Lipinski definition) is 1. The molecule has 3 nitrogen and oxygen atoms in total. The van der Waals surface area contributed by atoms with Crippen LogP contribution in [0.1, 0.15) is 0 Å². The van der Waals surface area contributed by atoms with Crippen LogP contribution in [0.2, 0.25) is 0 Å². The van der Waals surface area contributed by atoms with Gasteiger partial charge in [-0.05, 0) is 28.1 Å². The van der Waals surface area contributed by atoms with Crippen molar-refractivity contribution in [2.75, 3.05) is 0 Å². The molecule has 2 heterocycles. The maximum atomic E-state index is 11.1. The minimum absolute atomic E-state index is 0.583. The molecule has 11 heavy (non-hydrogen) atoms. The molecule has 0 aliphatic carbocycles. The highest BCUT2D eigenvalue weighted by Gasteiger charge is 2.04. The Kier molecular flexibility index (Phi) is 1.35. The van der Waals surface area contributed by atoms with Gasteiger partial charge in [-0.2, -0.15) is 0 Å². The lowest BCUT2D eigenvalue weighted by Gasteiger charge is -1.98. The third-order valence-corrected chi connectivity index (χ3v) is 1.94. The molecule has 1 N–H and O–H groups in total. The molecule has 0 radical (unpaired) electrons. The maximum absolute atomic E-state index is 11.1. The Balaban J connectivity index is 2.90. The largest absolute Gasteiger partial charge is 0.711 e. The average molecular weight is 213 g/mol. The molecule has 0 spiro atoms. The number of aromatic amines is 1. The van der Waals surface area contributed by atoms with E-state index < -0.39 is 0 Å². The molecule has 0 fully saturated rings. The number of halogens is 1. The second-order valence-electron chi connectivity index (χ2n) is 2.26. The summed E-state index contributed by atoms with van der Waals surface area (Å²) in [4.78, 5) is 2.89. The van der Waals surface area contributed by atoms with Crippen LogP contribution >= 0.6 is 15.9 Å². The Morgan fingerprint density at radius 3 is 3.09 bits per heavy atom. The van der Waals surface area contributed by atoms with Gasteiger partial charge in [0.25, 0.3) is 5.65 Å². The number of hydrogen-bond donors (Lipinski definition) is 1. The quantitative estimate of drug-likeness (QED) is 0.523. The monoisotopic (exact) mass is 212 g/mol. The Morgan fingerprint density at radius 2 is 2.36 bits per heavy atom. The van der Waals surface area contributed by atoms with Crippen molar-refractivity contribution >= 4 is 27.0 Å². The SMILES string of the molecule is [O-][n+]1cccc2cc(Br)[nH]c21. The summed E-state index contributed by atoms with van der Waals surface area (Å²) in [6, 6.07) is 5.46.